The van der Waals surface area contributed by atoms with E-state index in [1.807, 2.05) is 0 Å². The van der Waals surface area contributed by atoms with Crippen molar-refractivity contribution >= 4 is 0 Å². The summed E-state index contributed by atoms with van der Waals surface area (Å²) in [6.07, 6.45) is 1.47. The second kappa shape index (κ2) is 7.77. The number of rotatable bonds is 7. The molecule has 0 amide bonds. The lowest BCUT2D eigenvalue weighted by Crippen LogP contribution is -2.34. The summed E-state index contributed by atoms with van der Waals surface area (Å²) < 4.78 is 5.57. The Bertz CT molecular complexity index is 386. The molecule has 0 bridgehead atoms. The van der Waals surface area contributed by atoms with Gasteiger partial charge >= 0.3 is 0 Å². The van der Waals surface area contributed by atoms with Crippen LogP contribution in [0, 0.1) is 0 Å². The van der Waals surface area contributed by atoms with Gasteiger partial charge in [0.15, 0.2) is 0 Å². The molecule has 0 radical (unpaired) electrons. The second-order valence-corrected chi connectivity index (χ2v) is 5.63. The first-order valence-electron chi connectivity index (χ1n) is 7.88. The molecule has 1 saturated heterocycles. The molecule has 1 heterocycles. The highest BCUT2D eigenvalue weighted by Gasteiger charge is 2.23. The summed E-state index contributed by atoms with van der Waals surface area (Å²) in [5, 5.41) is 3.59. The Morgan fingerprint density at radius 1 is 1.15 bits per heavy atom. The van der Waals surface area contributed by atoms with Crippen molar-refractivity contribution in [1.82, 2.24) is 10.2 Å². The van der Waals surface area contributed by atoms with Gasteiger partial charge in [0.2, 0.25) is 0 Å². The predicted molar refractivity (Wildman–Crippen MR) is 83.7 cm³/mol. The summed E-state index contributed by atoms with van der Waals surface area (Å²) in [4.78, 5) is 2.44. The Morgan fingerprint density at radius 3 is 2.35 bits per heavy atom. The Labute approximate surface area is 123 Å². The van der Waals surface area contributed by atoms with Crippen molar-refractivity contribution in [3.8, 4) is 0 Å². The molecule has 2 unspecified atom stereocenters. The maximum Gasteiger partial charge on any atom is 0.0700 e. The summed E-state index contributed by atoms with van der Waals surface area (Å²) >= 11 is 0. The Hall–Kier alpha value is -0.900. The zero-order chi connectivity index (χ0) is 14.4. The van der Waals surface area contributed by atoms with Crippen molar-refractivity contribution in [3.05, 3.63) is 35.4 Å². The molecule has 2 rings (SSSR count). The van der Waals surface area contributed by atoms with Crippen LogP contribution >= 0.6 is 0 Å². The molecule has 20 heavy (non-hydrogen) atoms. The fraction of sp³-hybridized carbons (Fsp3) is 0.647. The number of benzene rings is 1. The Kier molecular flexibility index (Phi) is 6.02. The standard InChI is InChI=1S/C17H28N2O/c1-4-19(5-2)13-16-8-6-15(7-9-16)12-18-17-10-11-20-14(17)3/h6-9,14,17-18H,4-5,10-13H2,1-3H3. The summed E-state index contributed by atoms with van der Waals surface area (Å²) in [5.74, 6) is 0. The molecule has 1 N–H and O–H groups in total. The zero-order valence-corrected chi connectivity index (χ0v) is 13.1. The molecular weight excluding hydrogens is 248 g/mol. The van der Waals surface area contributed by atoms with E-state index < -0.39 is 0 Å². The summed E-state index contributed by atoms with van der Waals surface area (Å²) in [7, 11) is 0. The fourth-order valence-corrected chi connectivity index (χ4v) is 2.72. The maximum absolute atomic E-state index is 5.57. The summed E-state index contributed by atoms with van der Waals surface area (Å²) in [5.41, 5.74) is 2.75. The first-order valence-corrected chi connectivity index (χ1v) is 7.88. The highest BCUT2D eigenvalue weighted by atomic mass is 16.5. The van der Waals surface area contributed by atoms with E-state index in [0.29, 0.717) is 12.1 Å². The van der Waals surface area contributed by atoms with Gasteiger partial charge in [0.25, 0.3) is 0 Å². The van der Waals surface area contributed by atoms with Crippen LogP contribution in [-0.4, -0.2) is 36.7 Å². The lowest BCUT2D eigenvalue weighted by molar-refractivity contribution is 0.113. The van der Waals surface area contributed by atoms with Crippen molar-refractivity contribution in [2.24, 2.45) is 0 Å². The smallest absolute Gasteiger partial charge is 0.0700 e. The summed E-state index contributed by atoms with van der Waals surface area (Å²) in [6.45, 7) is 11.7. The second-order valence-electron chi connectivity index (χ2n) is 5.63. The first kappa shape index (κ1) is 15.5. The molecule has 2 atom stereocenters. The molecule has 1 aromatic rings. The highest BCUT2D eigenvalue weighted by Crippen LogP contribution is 2.14. The van der Waals surface area contributed by atoms with Gasteiger partial charge in [-0.3, -0.25) is 4.90 Å². The Morgan fingerprint density at radius 2 is 1.80 bits per heavy atom. The molecule has 0 spiro atoms. The lowest BCUT2D eigenvalue weighted by atomic mass is 10.1. The van der Waals surface area contributed by atoms with Gasteiger partial charge in [-0.2, -0.15) is 0 Å². The van der Waals surface area contributed by atoms with Crippen LogP contribution in [0.3, 0.4) is 0 Å². The van der Waals surface area contributed by atoms with Gasteiger partial charge in [-0.1, -0.05) is 38.1 Å². The van der Waals surface area contributed by atoms with Crippen LogP contribution in [0.5, 0.6) is 0 Å². The number of hydrogen-bond acceptors (Lipinski definition) is 3. The van der Waals surface area contributed by atoms with E-state index in [-0.39, 0.29) is 0 Å². The van der Waals surface area contributed by atoms with Crippen molar-refractivity contribution in [1.29, 1.82) is 0 Å². The van der Waals surface area contributed by atoms with Gasteiger partial charge in [0.05, 0.1) is 6.10 Å². The quantitative estimate of drug-likeness (QED) is 0.829. The van der Waals surface area contributed by atoms with Gasteiger partial charge < -0.3 is 10.1 Å². The van der Waals surface area contributed by atoms with E-state index in [2.05, 4.69) is 55.3 Å². The minimum absolute atomic E-state index is 0.344. The molecule has 3 heteroatoms. The molecular formula is C17H28N2O. The van der Waals surface area contributed by atoms with E-state index in [0.717, 1.165) is 39.2 Å². The van der Waals surface area contributed by atoms with Gasteiger partial charge in [-0.25, -0.2) is 0 Å². The van der Waals surface area contributed by atoms with Crippen LogP contribution in [0.1, 0.15) is 38.3 Å². The van der Waals surface area contributed by atoms with Crippen LogP contribution in [0.2, 0.25) is 0 Å². The highest BCUT2D eigenvalue weighted by molar-refractivity contribution is 5.22. The van der Waals surface area contributed by atoms with Crippen LogP contribution in [0.15, 0.2) is 24.3 Å². The van der Waals surface area contributed by atoms with E-state index in [1.165, 1.54) is 11.1 Å². The van der Waals surface area contributed by atoms with Crippen LogP contribution < -0.4 is 5.32 Å². The van der Waals surface area contributed by atoms with Gasteiger partial charge in [-0.05, 0) is 37.6 Å². The molecule has 1 aliphatic heterocycles. The maximum atomic E-state index is 5.57. The van der Waals surface area contributed by atoms with Crippen molar-refractivity contribution in [2.45, 2.75) is 52.4 Å². The molecule has 1 fully saturated rings. The predicted octanol–water partition coefficient (Wildman–Crippen LogP) is 2.80. The van der Waals surface area contributed by atoms with Gasteiger partial charge in [0, 0.05) is 25.7 Å². The molecule has 1 aliphatic rings. The van der Waals surface area contributed by atoms with Crippen molar-refractivity contribution in [3.63, 3.8) is 0 Å². The lowest BCUT2D eigenvalue weighted by Gasteiger charge is -2.18. The Balaban J connectivity index is 1.82. The average Bonchev–Trinajstić information content (AvgIpc) is 2.89. The molecule has 0 saturated carbocycles. The number of ether oxygens (including phenoxy) is 1. The number of nitrogens with zero attached hydrogens (tertiary/aromatic N) is 1. The molecule has 0 aromatic heterocycles. The van der Waals surface area contributed by atoms with Gasteiger partial charge in [-0.15, -0.1) is 0 Å². The minimum atomic E-state index is 0.344. The first-order chi connectivity index (χ1) is 9.72. The summed E-state index contributed by atoms with van der Waals surface area (Å²) in [6, 6.07) is 9.50. The van der Waals surface area contributed by atoms with E-state index in [1.54, 1.807) is 0 Å². The number of nitrogens with one attached hydrogen (secondary N) is 1. The third-order valence-corrected chi connectivity index (χ3v) is 4.27. The third kappa shape index (κ3) is 4.30. The van der Waals surface area contributed by atoms with Crippen molar-refractivity contribution in [2.75, 3.05) is 19.7 Å². The minimum Gasteiger partial charge on any atom is -0.377 e. The fourth-order valence-electron chi connectivity index (χ4n) is 2.72. The molecule has 3 nitrogen and oxygen atoms in total. The largest absolute Gasteiger partial charge is 0.377 e. The average molecular weight is 276 g/mol. The SMILES string of the molecule is CCN(CC)Cc1ccc(CNC2CCOC2C)cc1. The van der Waals surface area contributed by atoms with Crippen LogP contribution in [-0.2, 0) is 17.8 Å². The molecule has 112 valence electrons. The van der Waals surface area contributed by atoms with E-state index >= 15 is 0 Å². The number of hydrogen-bond donors (Lipinski definition) is 1. The van der Waals surface area contributed by atoms with Crippen molar-refractivity contribution < 1.29 is 4.74 Å². The van der Waals surface area contributed by atoms with E-state index in [4.69, 9.17) is 4.74 Å². The van der Waals surface area contributed by atoms with E-state index in [9.17, 15) is 0 Å². The molecule has 1 aromatic carbocycles. The molecule has 0 aliphatic carbocycles. The third-order valence-electron chi connectivity index (χ3n) is 4.27. The topological polar surface area (TPSA) is 24.5 Å². The van der Waals surface area contributed by atoms with Crippen LogP contribution in [0.25, 0.3) is 0 Å². The normalized spacial score (nSPS) is 22.6. The monoisotopic (exact) mass is 276 g/mol. The zero-order valence-electron chi connectivity index (χ0n) is 13.1. The van der Waals surface area contributed by atoms with Crippen LogP contribution in [0.4, 0.5) is 0 Å². The van der Waals surface area contributed by atoms with Gasteiger partial charge in [0.1, 0.15) is 0 Å².